The molecule has 2 aliphatic rings. The summed E-state index contributed by atoms with van der Waals surface area (Å²) in [7, 11) is 10.1. The molecule has 15 heteroatoms. The van der Waals surface area contributed by atoms with Crippen LogP contribution in [-0.2, 0) is 53.5 Å². The summed E-state index contributed by atoms with van der Waals surface area (Å²) < 4.78 is 188. The first-order chi connectivity index (χ1) is 71.1. The number of aryl methyl sites for hydroxylation is 15. The zero-order chi connectivity index (χ0) is 110. The summed E-state index contributed by atoms with van der Waals surface area (Å²) in [6.07, 6.45) is 6.80. The third-order valence-electron chi connectivity index (χ3n) is 25.6. The average molecular weight is 1800 g/mol. The van der Waals surface area contributed by atoms with Gasteiger partial charge in [-0.05, 0) is 238 Å². The lowest BCUT2D eigenvalue weighted by Gasteiger charge is -2.20. The number of aromatic nitrogens is 10. The Hall–Kier alpha value is -13.4. The van der Waals surface area contributed by atoms with E-state index >= 15 is 0 Å². The second-order valence-corrected chi connectivity index (χ2v) is 38.0. The van der Waals surface area contributed by atoms with Crippen molar-refractivity contribution in [2.75, 3.05) is 0 Å². The second kappa shape index (κ2) is 36.9. The van der Waals surface area contributed by atoms with Crippen LogP contribution >= 0.6 is 0 Å². The minimum Gasteiger partial charge on any atom is -0.437 e. The summed E-state index contributed by atoms with van der Waals surface area (Å²) in [6.45, 7) is 22.1. The van der Waals surface area contributed by atoms with Gasteiger partial charge in [-0.15, -0.1) is 0 Å². The molecule has 20 aromatic rings. The standard InChI is InChI=1S/C25H27N2O.C24H25N2O.C24H27N2O.2C23H25N2O/c1-16-9-14-22(27(3)15-16)23-17(2)10-11-19-20-12-13-21(18-7-5-4-6-8-18)26-25(20)28-24(19)23;1-15-8-13-21(26(3)14-15)22-16(2)9-10-18-19-11-12-20(17-6-4-5-7-17)25-24(19)27-23(18)22;1-15-7-12-20(26(6)14-15)21-16(2)8-10-18-19-11-9-17(13-24(3,4)5)25-23(19)27-22(18)21;1-14-7-11-18(25(6)13-14)20-15(2)8-9-16-17-10-12-19(23(3,4)5)24-22(17)26-21(16)20;1-14(2)12-17-8-10-19-18-9-7-16(4)21(22(18)26-23(19)24-17)20-11-6-15(3)13-25(20)5/h9-15,18H,4-8H2,1-3H3;8-14,17H,4-7H2,1-3H3;7-12,14H,13H2,1-6H3;7-13H,1-6H3;6-11,13-14H,12H2,1-5H3/q5*+1/i7D2,8D2,18D;6D2,17D;3D3,4D3;;1D3,14D. The van der Waals surface area contributed by atoms with E-state index in [4.69, 9.17) is 51.7 Å². The van der Waals surface area contributed by atoms with Crippen LogP contribution in [0.25, 0.3) is 167 Å². The van der Waals surface area contributed by atoms with Gasteiger partial charge in [-0.2, -0.15) is 0 Å². The van der Waals surface area contributed by atoms with Crippen molar-refractivity contribution >= 4 is 110 Å². The first-order valence-corrected chi connectivity index (χ1v) is 46.1. The molecular formula is C119H129N10O5+5. The molecule has 15 nitrogen and oxygen atoms in total. The van der Waals surface area contributed by atoms with Crippen molar-refractivity contribution < 1.29 is 69.6 Å². The van der Waals surface area contributed by atoms with Crippen LogP contribution in [0.4, 0.5) is 0 Å². The lowest BCUT2D eigenvalue weighted by molar-refractivity contribution is -0.660. The third kappa shape index (κ3) is 18.3. The number of rotatable bonds is 10. The van der Waals surface area contributed by atoms with E-state index in [1.807, 2.05) is 104 Å². The molecule has 0 aliphatic heterocycles. The molecule has 0 saturated heterocycles. The van der Waals surface area contributed by atoms with Crippen molar-refractivity contribution in [3.8, 4) is 56.3 Å². The van der Waals surface area contributed by atoms with Crippen molar-refractivity contribution in [1.29, 1.82) is 0 Å². The van der Waals surface area contributed by atoms with Gasteiger partial charge in [0.2, 0.25) is 57.0 Å². The maximum absolute atomic E-state index is 8.98. The molecule has 680 valence electrons. The second-order valence-electron chi connectivity index (χ2n) is 38.0. The topological polar surface area (TPSA) is 150 Å². The van der Waals surface area contributed by atoms with Gasteiger partial charge < -0.3 is 22.1 Å². The van der Waals surface area contributed by atoms with Crippen LogP contribution in [0.2, 0.25) is 0 Å². The maximum atomic E-state index is 8.98. The van der Waals surface area contributed by atoms with Gasteiger partial charge in [0.1, 0.15) is 35.2 Å². The molecule has 0 radical (unpaired) electrons. The van der Waals surface area contributed by atoms with Crippen LogP contribution in [0.1, 0.15) is 233 Å². The molecule has 15 heterocycles. The maximum Gasteiger partial charge on any atom is 0.227 e. The fraction of sp³-hybridized carbons (Fsp3) is 0.328. The molecule has 0 N–H and O–H groups in total. The molecule has 134 heavy (non-hydrogen) atoms. The number of hydrogen-bond acceptors (Lipinski definition) is 10. The molecular weight excluding hydrogens is 1650 g/mol. The quantitative estimate of drug-likeness (QED) is 0.121. The number of benzene rings is 5. The van der Waals surface area contributed by atoms with Gasteiger partial charge in [0.25, 0.3) is 0 Å². The van der Waals surface area contributed by atoms with E-state index in [1.165, 1.54) is 36.1 Å². The van der Waals surface area contributed by atoms with Crippen LogP contribution in [-0.4, -0.2) is 24.9 Å². The predicted molar refractivity (Wildman–Crippen MR) is 545 cm³/mol. The monoisotopic (exact) mass is 1800 g/mol. The molecule has 0 bridgehead atoms. The van der Waals surface area contributed by atoms with Crippen molar-refractivity contribution in [1.82, 2.24) is 24.9 Å². The van der Waals surface area contributed by atoms with Crippen molar-refractivity contribution in [3.63, 3.8) is 0 Å². The fourth-order valence-electron chi connectivity index (χ4n) is 18.9. The Balaban J connectivity index is 0.000000124. The van der Waals surface area contributed by atoms with Gasteiger partial charge in [0.05, 0.1) is 27.8 Å². The molecule has 2 aliphatic carbocycles. The first-order valence-electron chi connectivity index (χ1n) is 55.1. The summed E-state index contributed by atoms with van der Waals surface area (Å²) in [4.78, 5) is 23.2. The minimum absolute atomic E-state index is 0.00465. The summed E-state index contributed by atoms with van der Waals surface area (Å²) in [5.41, 5.74) is 28.5. The largest absolute Gasteiger partial charge is 0.437 e. The van der Waals surface area contributed by atoms with Crippen LogP contribution in [0.5, 0.6) is 0 Å². The van der Waals surface area contributed by atoms with Crippen LogP contribution in [0.3, 0.4) is 0 Å². The zero-order valence-corrected chi connectivity index (χ0v) is 80.4. The van der Waals surface area contributed by atoms with Gasteiger partial charge in [0, 0.05) is 182 Å². The number of furan rings is 5. The molecule has 0 amide bonds. The number of hydrogen-bond donors (Lipinski definition) is 0. The Kier molecular flexibility index (Phi) is 19.6. The van der Waals surface area contributed by atoms with Crippen LogP contribution < -0.4 is 22.8 Å². The minimum atomic E-state index is -2.67. The molecule has 5 aromatic carbocycles. The first kappa shape index (κ1) is 71.3. The predicted octanol–water partition coefficient (Wildman–Crippen LogP) is 28.2. The zero-order valence-electron chi connectivity index (χ0n) is 98.4. The van der Waals surface area contributed by atoms with Gasteiger partial charge in [-0.25, -0.2) is 47.8 Å². The van der Waals surface area contributed by atoms with Crippen molar-refractivity contribution in [2.45, 2.75) is 212 Å². The van der Waals surface area contributed by atoms with Gasteiger partial charge >= 0.3 is 0 Å². The van der Waals surface area contributed by atoms with Crippen molar-refractivity contribution in [3.05, 3.63) is 297 Å². The molecule has 2 saturated carbocycles. The summed E-state index contributed by atoms with van der Waals surface area (Å²) >= 11 is 0. The van der Waals surface area contributed by atoms with Gasteiger partial charge in [-0.3, -0.25) is 0 Å². The molecule has 2 fully saturated rings. The lowest BCUT2D eigenvalue weighted by Crippen LogP contribution is -2.31. The Morgan fingerprint density at radius 1 is 0.343 bits per heavy atom. The van der Waals surface area contributed by atoms with E-state index in [0.717, 1.165) is 166 Å². The Bertz CT molecular complexity index is 8830. The van der Waals surface area contributed by atoms with Crippen molar-refractivity contribution in [2.24, 2.45) is 46.5 Å². The summed E-state index contributed by atoms with van der Waals surface area (Å²) in [6, 6.07) is 60.2. The number of nitrogens with zero attached hydrogens (tertiary/aromatic N) is 10. The van der Waals surface area contributed by atoms with E-state index in [0.29, 0.717) is 82.5 Å². The molecule has 15 aromatic heterocycles. The van der Waals surface area contributed by atoms with Gasteiger partial charge in [-0.1, -0.05) is 148 Å². The SMILES string of the molecule is Cc1ccc(-c2c(C)ccc3c2oc2nc(C(C)(C)C)ccc23)[n+](C)c1.[2H]C([2H])([2H])C(C)(Cc1ccc2c(n1)oc1c(-c3ccc(C)c[n+]3C)c(C)ccc12)C([2H])([2H])[2H].[2H]C([2H])([2H])C([2H])(C)Cc1ccc2c(n1)oc1c(-c3ccc(C)c[n+]3C)c(C)ccc12.[2H]C1([2H])CCCC([2H])([2H])C1([2H])c1ccc2c(n1)oc1c(-c3ccc(C)c[n+]3C)c(C)ccc12.[2H]C1([2H])CCCC1([2H])c1ccc2c(n1)oc1c(-c3ccc(C)c[n+]3C)c(C)ccc12. The van der Waals surface area contributed by atoms with Crippen LogP contribution in [0.15, 0.2) is 235 Å². The molecule has 2 atom stereocenters. The van der Waals surface area contributed by atoms with E-state index in [1.54, 1.807) is 30.3 Å². The highest BCUT2D eigenvalue weighted by molar-refractivity contribution is 6.13. The molecule has 22 rings (SSSR count). The van der Waals surface area contributed by atoms with E-state index in [2.05, 4.69) is 246 Å². The highest BCUT2D eigenvalue weighted by Gasteiger charge is 2.31. The van der Waals surface area contributed by atoms with E-state index < -0.39 is 62.8 Å². The average Bonchev–Trinajstić information content (AvgIpc) is 1.16. The Labute approximate surface area is 813 Å². The summed E-state index contributed by atoms with van der Waals surface area (Å²) in [5, 5.41) is 9.28. The number of pyridine rings is 10. The Morgan fingerprint density at radius 3 is 0.955 bits per heavy atom. The van der Waals surface area contributed by atoms with Gasteiger partial charge in [0.15, 0.2) is 58.9 Å². The number of fused-ring (bicyclic) bond motifs is 15. The third-order valence-corrected chi connectivity index (χ3v) is 25.6. The lowest BCUT2D eigenvalue weighted by atomic mass is 9.86. The normalized spacial score (nSPS) is 18.4. The molecule has 2 unspecified atom stereocenters. The van der Waals surface area contributed by atoms with E-state index in [9.17, 15) is 0 Å². The van der Waals surface area contributed by atoms with E-state index in [-0.39, 0.29) is 36.8 Å². The molecule has 0 spiro atoms. The smallest absolute Gasteiger partial charge is 0.227 e. The highest BCUT2D eigenvalue weighted by Crippen LogP contribution is 2.45. The fourth-order valence-corrected chi connectivity index (χ4v) is 18.9. The Morgan fingerprint density at radius 2 is 0.634 bits per heavy atom. The highest BCUT2D eigenvalue weighted by atomic mass is 16.4. The summed E-state index contributed by atoms with van der Waals surface area (Å²) in [5.74, 6) is -5.06. The van der Waals surface area contributed by atoms with Crippen LogP contribution in [0, 0.1) is 80.5 Å².